The van der Waals surface area contributed by atoms with Crippen molar-refractivity contribution in [1.82, 2.24) is 4.90 Å². The molecule has 3 aliphatic heterocycles. The van der Waals surface area contributed by atoms with Gasteiger partial charge in [0, 0.05) is 36.4 Å². The van der Waals surface area contributed by atoms with Gasteiger partial charge in [-0.25, -0.2) is 0 Å². The van der Waals surface area contributed by atoms with Gasteiger partial charge in [-0.1, -0.05) is 12.1 Å². The Bertz CT molecular complexity index is 954. The fourth-order valence-electron chi connectivity index (χ4n) is 4.68. The molecule has 5 rings (SSSR count). The van der Waals surface area contributed by atoms with Crippen LogP contribution in [-0.4, -0.2) is 42.8 Å². The summed E-state index contributed by atoms with van der Waals surface area (Å²) in [5.74, 6) is 1.70. The Labute approximate surface area is 177 Å². The van der Waals surface area contributed by atoms with Gasteiger partial charge in [-0.05, 0) is 51.0 Å². The fourth-order valence-corrected chi connectivity index (χ4v) is 4.68. The SMILES string of the molecule is CCOc1cc2c(cc1[C@@H]1Nc3ccccc3C(=O)N1C[C@@H]1CCCO1)O[C@H](C)C2. The highest BCUT2D eigenvalue weighted by Gasteiger charge is 2.37. The third-order valence-corrected chi connectivity index (χ3v) is 6.07. The maximum atomic E-state index is 13.5. The minimum Gasteiger partial charge on any atom is -0.493 e. The number of fused-ring (bicyclic) bond motifs is 2. The largest absolute Gasteiger partial charge is 0.493 e. The average Bonchev–Trinajstić information content (AvgIpc) is 3.38. The second-order valence-electron chi connectivity index (χ2n) is 8.25. The quantitative estimate of drug-likeness (QED) is 0.805. The summed E-state index contributed by atoms with van der Waals surface area (Å²) in [4.78, 5) is 15.4. The van der Waals surface area contributed by atoms with Crippen LogP contribution in [-0.2, 0) is 11.2 Å². The van der Waals surface area contributed by atoms with E-state index in [1.165, 1.54) is 0 Å². The van der Waals surface area contributed by atoms with Crippen LogP contribution in [0.5, 0.6) is 11.5 Å². The molecule has 0 aromatic heterocycles. The van der Waals surface area contributed by atoms with E-state index in [4.69, 9.17) is 14.2 Å². The molecule has 1 N–H and O–H groups in total. The number of amides is 1. The number of carbonyl (C=O) groups is 1. The number of nitrogens with zero attached hydrogens (tertiary/aromatic N) is 1. The van der Waals surface area contributed by atoms with E-state index in [-0.39, 0.29) is 24.3 Å². The summed E-state index contributed by atoms with van der Waals surface area (Å²) in [5.41, 5.74) is 3.61. The number of hydrogen-bond donors (Lipinski definition) is 1. The highest BCUT2D eigenvalue weighted by atomic mass is 16.5. The van der Waals surface area contributed by atoms with Gasteiger partial charge >= 0.3 is 0 Å². The molecule has 6 heteroatoms. The van der Waals surface area contributed by atoms with Gasteiger partial charge in [-0.2, -0.15) is 0 Å². The first-order valence-electron chi connectivity index (χ1n) is 10.9. The molecular formula is C24H28N2O4. The molecule has 0 unspecified atom stereocenters. The monoisotopic (exact) mass is 408 g/mol. The highest BCUT2D eigenvalue weighted by molar-refractivity contribution is 6.01. The maximum absolute atomic E-state index is 13.5. The fraction of sp³-hybridized carbons (Fsp3) is 0.458. The Kier molecular flexibility index (Phi) is 5.03. The lowest BCUT2D eigenvalue weighted by Gasteiger charge is -2.39. The number of carbonyl (C=O) groups excluding carboxylic acids is 1. The molecule has 30 heavy (non-hydrogen) atoms. The molecule has 3 aliphatic rings. The van der Waals surface area contributed by atoms with Gasteiger partial charge in [0.1, 0.15) is 23.8 Å². The second-order valence-corrected chi connectivity index (χ2v) is 8.25. The van der Waals surface area contributed by atoms with Gasteiger partial charge in [-0.3, -0.25) is 4.79 Å². The minimum atomic E-state index is -0.344. The van der Waals surface area contributed by atoms with Gasteiger partial charge in [0.2, 0.25) is 0 Å². The smallest absolute Gasteiger partial charge is 0.257 e. The van der Waals surface area contributed by atoms with Crippen LogP contribution in [0.3, 0.4) is 0 Å². The predicted molar refractivity (Wildman–Crippen MR) is 114 cm³/mol. The van der Waals surface area contributed by atoms with E-state index in [0.29, 0.717) is 18.7 Å². The van der Waals surface area contributed by atoms with Crippen LogP contribution in [0.2, 0.25) is 0 Å². The Morgan fingerprint density at radius 3 is 2.93 bits per heavy atom. The standard InChI is InChI=1S/C24H28N2O4/c1-3-28-22-12-16-11-15(2)30-21(16)13-19(22)23-25-20-9-5-4-8-18(20)24(27)26(23)14-17-7-6-10-29-17/h4-5,8-9,12-13,15,17,23,25H,3,6-7,10-11,14H2,1-2H3/t15-,17+,23-/m1/s1. The van der Waals surface area contributed by atoms with E-state index in [2.05, 4.69) is 18.3 Å². The number of hydrogen-bond acceptors (Lipinski definition) is 5. The Balaban J connectivity index is 1.58. The summed E-state index contributed by atoms with van der Waals surface area (Å²) in [7, 11) is 0. The van der Waals surface area contributed by atoms with Gasteiger partial charge in [0.05, 0.1) is 18.3 Å². The van der Waals surface area contributed by atoms with E-state index < -0.39 is 0 Å². The molecule has 0 saturated carbocycles. The Morgan fingerprint density at radius 2 is 2.13 bits per heavy atom. The lowest BCUT2D eigenvalue weighted by molar-refractivity contribution is 0.0423. The van der Waals surface area contributed by atoms with Crippen LogP contribution in [0.15, 0.2) is 36.4 Å². The van der Waals surface area contributed by atoms with Crippen LogP contribution in [0.25, 0.3) is 0 Å². The van der Waals surface area contributed by atoms with E-state index in [1.54, 1.807) is 0 Å². The van der Waals surface area contributed by atoms with Crippen LogP contribution < -0.4 is 14.8 Å². The summed E-state index contributed by atoms with van der Waals surface area (Å²) in [6.07, 6.45) is 2.74. The lowest BCUT2D eigenvalue weighted by atomic mass is 9.99. The zero-order valence-corrected chi connectivity index (χ0v) is 17.5. The molecule has 0 radical (unpaired) electrons. The number of para-hydroxylation sites is 1. The third kappa shape index (κ3) is 3.39. The Morgan fingerprint density at radius 1 is 1.27 bits per heavy atom. The summed E-state index contributed by atoms with van der Waals surface area (Å²) in [5, 5.41) is 3.58. The second kappa shape index (κ2) is 7.84. The molecule has 1 amide bonds. The van der Waals surface area contributed by atoms with Gasteiger partial charge in [-0.15, -0.1) is 0 Å². The van der Waals surface area contributed by atoms with Crippen molar-refractivity contribution in [2.24, 2.45) is 0 Å². The van der Waals surface area contributed by atoms with Gasteiger partial charge in [0.15, 0.2) is 0 Å². The first-order chi connectivity index (χ1) is 14.6. The van der Waals surface area contributed by atoms with Crippen molar-refractivity contribution in [3.05, 3.63) is 53.1 Å². The molecule has 6 nitrogen and oxygen atoms in total. The first-order valence-corrected chi connectivity index (χ1v) is 10.9. The predicted octanol–water partition coefficient (Wildman–Crippen LogP) is 4.15. The minimum absolute atomic E-state index is 0.0158. The number of rotatable bonds is 5. The number of benzene rings is 2. The molecule has 2 aromatic rings. The summed E-state index contributed by atoms with van der Waals surface area (Å²) < 4.78 is 17.9. The van der Waals surface area contributed by atoms with Crippen LogP contribution >= 0.6 is 0 Å². The zero-order valence-electron chi connectivity index (χ0n) is 17.5. The summed E-state index contributed by atoms with van der Waals surface area (Å²) >= 11 is 0. The molecule has 0 aliphatic carbocycles. The van der Waals surface area contributed by atoms with E-state index in [1.807, 2.05) is 42.2 Å². The number of ether oxygens (including phenoxy) is 3. The normalized spacial score (nSPS) is 24.8. The van der Waals surface area contributed by atoms with Crippen LogP contribution in [0.1, 0.15) is 54.3 Å². The molecule has 2 aromatic carbocycles. The molecular weight excluding hydrogens is 380 g/mol. The zero-order chi connectivity index (χ0) is 20.7. The topological polar surface area (TPSA) is 60.0 Å². The van der Waals surface area contributed by atoms with Gasteiger partial charge in [0.25, 0.3) is 5.91 Å². The van der Waals surface area contributed by atoms with Crippen molar-refractivity contribution in [2.45, 2.75) is 51.5 Å². The molecule has 0 bridgehead atoms. The molecule has 3 heterocycles. The molecule has 0 spiro atoms. The Hall–Kier alpha value is -2.73. The number of anilines is 1. The van der Waals surface area contributed by atoms with Crippen LogP contribution in [0.4, 0.5) is 5.69 Å². The first kappa shape index (κ1) is 19.2. The molecule has 1 saturated heterocycles. The van der Waals surface area contributed by atoms with Gasteiger partial charge < -0.3 is 24.4 Å². The van der Waals surface area contributed by atoms with Crippen molar-refractivity contribution >= 4 is 11.6 Å². The average molecular weight is 408 g/mol. The van der Waals surface area contributed by atoms with E-state index >= 15 is 0 Å². The third-order valence-electron chi connectivity index (χ3n) is 6.07. The lowest BCUT2D eigenvalue weighted by Crippen LogP contribution is -2.46. The number of nitrogens with one attached hydrogen (secondary N) is 1. The molecule has 1 fully saturated rings. The van der Waals surface area contributed by atoms with Crippen molar-refractivity contribution in [3.8, 4) is 11.5 Å². The van der Waals surface area contributed by atoms with E-state index in [9.17, 15) is 4.79 Å². The van der Waals surface area contributed by atoms with Crippen molar-refractivity contribution in [1.29, 1.82) is 0 Å². The molecule has 158 valence electrons. The van der Waals surface area contributed by atoms with Crippen molar-refractivity contribution in [3.63, 3.8) is 0 Å². The van der Waals surface area contributed by atoms with Crippen LogP contribution in [0, 0.1) is 0 Å². The van der Waals surface area contributed by atoms with Crippen molar-refractivity contribution < 1.29 is 19.0 Å². The molecule has 3 atom stereocenters. The highest BCUT2D eigenvalue weighted by Crippen LogP contribution is 2.42. The maximum Gasteiger partial charge on any atom is 0.257 e. The summed E-state index contributed by atoms with van der Waals surface area (Å²) in [6.45, 7) is 5.92. The summed E-state index contributed by atoms with van der Waals surface area (Å²) in [6, 6.07) is 11.8. The van der Waals surface area contributed by atoms with Crippen molar-refractivity contribution in [2.75, 3.05) is 25.1 Å². The van der Waals surface area contributed by atoms with E-state index in [0.717, 1.165) is 54.2 Å².